The molecule has 4 aromatic rings. The highest BCUT2D eigenvalue weighted by molar-refractivity contribution is 5.94. The van der Waals surface area contributed by atoms with Gasteiger partial charge in [-0.25, -0.2) is 0 Å². The highest BCUT2D eigenvalue weighted by atomic mass is 16.1. The molecule has 2 N–H and O–H groups in total. The van der Waals surface area contributed by atoms with Crippen LogP contribution in [-0.4, -0.2) is 38.8 Å². The van der Waals surface area contributed by atoms with E-state index in [1.165, 1.54) is 5.56 Å². The van der Waals surface area contributed by atoms with E-state index in [4.69, 9.17) is 0 Å². The lowest BCUT2D eigenvalue weighted by molar-refractivity contribution is 0.0954. The second-order valence-corrected chi connectivity index (χ2v) is 7.50. The number of aryl methyl sites for hydroxylation is 2. The number of rotatable bonds is 9. The van der Waals surface area contributed by atoms with E-state index in [9.17, 15) is 4.79 Å². The Hall–Kier alpha value is -3.74. The normalized spacial score (nSPS) is 10.9. The highest BCUT2D eigenvalue weighted by Gasteiger charge is 2.10. The van der Waals surface area contributed by atoms with E-state index in [1.54, 1.807) is 4.52 Å². The summed E-state index contributed by atoms with van der Waals surface area (Å²) in [6.07, 6.45) is 2.58. The predicted octanol–water partition coefficient (Wildman–Crippen LogP) is 3.45. The summed E-state index contributed by atoms with van der Waals surface area (Å²) in [6.45, 7) is 3.26. The molecule has 7 nitrogen and oxygen atoms in total. The van der Waals surface area contributed by atoms with Crippen LogP contribution in [0.2, 0.25) is 0 Å². The molecule has 0 saturated heterocycles. The molecule has 0 aliphatic rings. The van der Waals surface area contributed by atoms with E-state index in [2.05, 4.69) is 50.2 Å². The Labute approximate surface area is 181 Å². The van der Waals surface area contributed by atoms with Gasteiger partial charge >= 0.3 is 0 Å². The molecule has 0 fully saturated rings. The third-order valence-corrected chi connectivity index (χ3v) is 5.03. The Kier molecular flexibility index (Phi) is 6.52. The first-order valence-electron chi connectivity index (χ1n) is 10.5. The van der Waals surface area contributed by atoms with Gasteiger partial charge in [-0.05, 0) is 49.6 Å². The Morgan fingerprint density at radius 1 is 0.935 bits per heavy atom. The Morgan fingerprint density at radius 3 is 2.65 bits per heavy atom. The van der Waals surface area contributed by atoms with Crippen molar-refractivity contribution >= 4 is 17.4 Å². The van der Waals surface area contributed by atoms with Gasteiger partial charge in [0, 0.05) is 25.1 Å². The van der Waals surface area contributed by atoms with Gasteiger partial charge in [0.25, 0.3) is 5.91 Å². The topological polar surface area (TPSA) is 84.2 Å². The third-order valence-electron chi connectivity index (χ3n) is 5.03. The van der Waals surface area contributed by atoms with Crippen molar-refractivity contribution in [3.8, 4) is 0 Å². The van der Waals surface area contributed by atoms with E-state index in [0.29, 0.717) is 30.0 Å². The number of fused-ring (bicyclic) bond motifs is 1. The number of carbonyl (C=O) groups excluding carboxylic acids is 1. The van der Waals surface area contributed by atoms with E-state index < -0.39 is 0 Å². The SMILES string of the molecule is Cc1cccc(C(=O)NCCc2nnc3ccc(NCCCc4ccccc4)nn23)c1. The van der Waals surface area contributed by atoms with Crippen LogP contribution in [0.5, 0.6) is 0 Å². The minimum absolute atomic E-state index is 0.0914. The first kappa shape index (κ1) is 20.5. The van der Waals surface area contributed by atoms with Crippen molar-refractivity contribution in [2.24, 2.45) is 0 Å². The second kappa shape index (κ2) is 9.84. The second-order valence-electron chi connectivity index (χ2n) is 7.50. The summed E-state index contributed by atoms with van der Waals surface area (Å²) >= 11 is 0. The Bertz CT molecular complexity index is 1160. The first-order valence-corrected chi connectivity index (χ1v) is 10.5. The van der Waals surface area contributed by atoms with E-state index in [-0.39, 0.29) is 5.91 Å². The number of nitrogens with one attached hydrogen (secondary N) is 2. The summed E-state index contributed by atoms with van der Waals surface area (Å²) in [7, 11) is 0. The van der Waals surface area contributed by atoms with Crippen LogP contribution in [0.1, 0.15) is 33.7 Å². The van der Waals surface area contributed by atoms with Crippen LogP contribution in [0.25, 0.3) is 5.65 Å². The van der Waals surface area contributed by atoms with Crippen LogP contribution in [-0.2, 0) is 12.8 Å². The molecule has 2 aromatic carbocycles. The number of hydrogen-bond donors (Lipinski definition) is 2. The molecule has 7 heteroatoms. The minimum Gasteiger partial charge on any atom is -0.369 e. The average molecular weight is 415 g/mol. The van der Waals surface area contributed by atoms with Crippen molar-refractivity contribution in [1.82, 2.24) is 25.1 Å². The predicted molar refractivity (Wildman–Crippen MR) is 121 cm³/mol. The maximum atomic E-state index is 12.3. The van der Waals surface area contributed by atoms with Crippen LogP contribution in [0, 0.1) is 6.92 Å². The molecule has 0 aliphatic heterocycles. The average Bonchev–Trinajstić information content (AvgIpc) is 3.19. The molecular weight excluding hydrogens is 388 g/mol. The first-order chi connectivity index (χ1) is 15.2. The molecule has 2 heterocycles. The van der Waals surface area contributed by atoms with Crippen molar-refractivity contribution in [1.29, 1.82) is 0 Å². The molecule has 4 rings (SSSR count). The number of benzene rings is 2. The summed E-state index contributed by atoms with van der Waals surface area (Å²) in [5, 5.41) is 19.3. The van der Waals surface area contributed by atoms with E-state index in [1.807, 2.05) is 49.4 Å². The van der Waals surface area contributed by atoms with Gasteiger partial charge in [0.1, 0.15) is 5.82 Å². The fourth-order valence-electron chi connectivity index (χ4n) is 3.41. The third kappa shape index (κ3) is 5.45. The number of nitrogens with zero attached hydrogens (tertiary/aromatic N) is 4. The largest absolute Gasteiger partial charge is 0.369 e. The number of amides is 1. The molecule has 0 atom stereocenters. The quantitative estimate of drug-likeness (QED) is 0.410. The van der Waals surface area contributed by atoms with Crippen molar-refractivity contribution < 1.29 is 4.79 Å². The summed E-state index contributed by atoms with van der Waals surface area (Å²) in [5.74, 6) is 1.41. The molecule has 0 spiro atoms. The number of hydrogen-bond acceptors (Lipinski definition) is 5. The van der Waals surface area contributed by atoms with Gasteiger partial charge < -0.3 is 10.6 Å². The minimum atomic E-state index is -0.0914. The van der Waals surface area contributed by atoms with Gasteiger partial charge in [-0.2, -0.15) is 4.52 Å². The molecule has 0 aliphatic carbocycles. The molecule has 2 aromatic heterocycles. The van der Waals surface area contributed by atoms with Crippen LogP contribution >= 0.6 is 0 Å². The zero-order chi connectivity index (χ0) is 21.5. The molecule has 0 saturated carbocycles. The monoisotopic (exact) mass is 414 g/mol. The number of aromatic nitrogens is 4. The van der Waals surface area contributed by atoms with Crippen LogP contribution < -0.4 is 10.6 Å². The van der Waals surface area contributed by atoms with Crippen molar-refractivity contribution in [3.05, 3.63) is 89.2 Å². The Balaban J connectivity index is 1.31. The van der Waals surface area contributed by atoms with Crippen LogP contribution in [0.15, 0.2) is 66.7 Å². The molecule has 0 unspecified atom stereocenters. The molecular formula is C24H26N6O. The Morgan fingerprint density at radius 2 is 1.81 bits per heavy atom. The summed E-state index contributed by atoms with van der Waals surface area (Å²) in [5.41, 5.74) is 3.74. The van der Waals surface area contributed by atoms with E-state index in [0.717, 1.165) is 30.8 Å². The number of anilines is 1. The maximum absolute atomic E-state index is 12.3. The van der Waals surface area contributed by atoms with Gasteiger partial charge in [0.2, 0.25) is 0 Å². The molecule has 0 radical (unpaired) electrons. The zero-order valence-corrected chi connectivity index (χ0v) is 17.6. The zero-order valence-electron chi connectivity index (χ0n) is 17.6. The smallest absolute Gasteiger partial charge is 0.251 e. The van der Waals surface area contributed by atoms with Crippen molar-refractivity contribution in [2.75, 3.05) is 18.4 Å². The molecule has 31 heavy (non-hydrogen) atoms. The van der Waals surface area contributed by atoms with Gasteiger partial charge in [0.05, 0.1) is 0 Å². The van der Waals surface area contributed by atoms with Crippen LogP contribution in [0.4, 0.5) is 5.82 Å². The fourth-order valence-corrected chi connectivity index (χ4v) is 3.41. The summed E-state index contributed by atoms with van der Waals surface area (Å²) in [4.78, 5) is 12.3. The van der Waals surface area contributed by atoms with Gasteiger partial charge in [-0.15, -0.1) is 15.3 Å². The lowest BCUT2D eigenvalue weighted by Crippen LogP contribution is -2.26. The fraction of sp³-hybridized carbons (Fsp3) is 0.250. The maximum Gasteiger partial charge on any atom is 0.251 e. The lowest BCUT2D eigenvalue weighted by atomic mass is 10.1. The van der Waals surface area contributed by atoms with Gasteiger partial charge in [-0.3, -0.25) is 4.79 Å². The molecule has 1 amide bonds. The van der Waals surface area contributed by atoms with Gasteiger partial charge in [-0.1, -0.05) is 48.0 Å². The lowest BCUT2D eigenvalue weighted by Gasteiger charge is -2.07. The molecule has 158 valence electrons. The highest BCUT2D eigenvalue weighted by Crippen LogP contribution is 2.09. The molecule has 0 bridgehead atoms. The van der Waals surface area contributed by atoms with Crippen molar-refractivity contribution in [2.45, 2.75) is 26.2 Å². The number of carbonyl (C=O) groups is 1. The van der Waals surface area contributed by atoms with Crippen LogP contribution in [0.3, 0.4) is 0 Å². The van der Waals surface area contributed by atoms with E-state index >= 15 is 0 Å². The summed E-state index contributed by atoms with van der Waals surface area (Å²) < 4.78 is 1.73. The van der Waals surface area contributed by atoms with Crippen molar-refractivity contribution in [3.63, 3.8) is 0 Å². The summed E-state index contributed by atoms with van der Waals surface area (Å²) in [6, 6.07) is 21.8. The standard InChI is InChI=1S/C24H26N6O/c1-18-7-5-11-20(17-18)24(31)26-16-14-23-28-27-22-13-12-21(29-30(22)23)25-15-6-10-19-8-3-2-4-9-19/h2-5,7-9,11-13,17H,6,10,14-16H2,1H3,(H,25,29)(H,26,31). The van der Waals surface area contributed by atoms with Gasteiger partial charge in [0.15, 0.2) is 11.5 Å².